The van der Waals surface area contributed by atoms with Crippen molar-refractivity contribution in [1.29, 1.82) is 0 Å². The van der Waals surface area contributed by atoms with Gasteiger partial charge < -0.3 is 15.1 Å². The lowest BCUT2D eigenvalue weighted by Crippen LogP contribution is -2.51. The second-order valence-electron chi connectivity index (χ2n) is 5.87. The Morgan fingerprint density at radius 1 is 1.04 bits per heavy atom. The number of piperazine rings is 1. The van der Waals surface area contributed by atoms with E-state index < -0.39 is 0 Å². The van der Waals surface area contributed by atoms with Crippen molar-refractivity contribution >= 4 is 34.6 Å². The van der Waals surface area contributed by atoms with Gasteiger partial charge in [-0.15, -0.1) is 0 Å². The maximum atomic E-state index is 6.08. The van der Waals surface area contributed by atoms with Crippen molar-refractivity contribution in [3.05, 3.63) is 64.7 Å². The van der Waals surface area contributed by atoms with E-state index in [1.54, 1.807) is 13.2 Å². The summed E-state index contributed by atoms with van der Waals surface area (Å²) in [5.74, 6) is 0.907. The molecule has 0 atom stereocenters. The average molecular weight is 378 g/mol. The van der Waals surface area contributed by atoms with E-state index in [1.807, 2.05) is 30.3 Å². The minimum atomic E-state index is 0.531. The molecule has 2 aromatic rings. The van der Waals surface area contributed by atoms with Crippen LogP contribution in [0.25, 0.3) is 5.70 Å². The quantitative estimate of drug-likeness (QED) is 0.840. The van der Waals surface area contributed by atoms with E-state index in [0.29, 0.717) is 10.0 Å². The molecule has 0 aromatic heterocycles. The number of hydrazine groups is 1. The number of para-hydroxylation sites is 2. The average Bonchev–Trinajstić information content (AvgIpc) is 2.64. The minimum absolute atomic E-state index is 0.531. The second kappa shape index (κ2) is 8.00. The van der Waals surface area contributed by atoms with Gasteiger partial charge in [-0.25, -0.2) is 5.01 Å². The van der Waals surface area contributed by atoms with Gasteiger partial charge in [0, 0.05) is 31.9 Å². The Labute approximate surface area is 158 Å². The normalized spacial score (nSPS) is 15.1. The van der Waals surface area contributed by atoms with Gasteiger partial charge in [-0.3, -0.25) is 0 Å². The zero-order valence-electron chi connectivity index (χ0n) is 14.1. The Balaban J connectivity index is 1.59. The maximum Gasteiger partial charge on any atom is 0.142 e. The molecule has 0 radical (unpaired) electrons. The summed E-state index contributed by atoms with van der Waals surface area (Å²) < 4.78 is 5.46. The lowest BCUT2D eigenvalue weighted by molar-refractivity contribution is 0.214. The van der Waals surface area contributed by atoms with Gasteiger partial charge in [-0.1, -0.05) is 48.0 Å². The zero-order chi connectivity index (χ0) is 17.8. The van der Waals surface area contributed by atoms with Gasteiger partial charge in [-0.2, -0.15) is 0 Å². The Hall–Kier alpha value is -1.88. The summed E-state index contributed by atoms with van der Waals surface area (Å²) in [4.78, 5) is 2.33. The molecule has 1 N–H and O–H groups in total. The lowest BCUT2D eigenvalue weighted by atomic mass is 10.2. The molecule has 0 spiro atoms. The highest BCUT2D eigenvalue weighted by Crippen LogP contribution is 2.28. The summed E-state index contributed by atoms with van der Waals surface area (Å²) in [6.45, 7) is 7.66. The molecule has 2 aromatic carbocycles. The van der Waals surface area contributed by atoms with Gasteiger partial charge in [0.1, 0.15) is 5.75 Å². The predicted molar refractivity (Wildman–Crippen MR) is 105 cm³/mol. The van der Waals surface area contributed by atoms with E-state index in [1.165, 1.54) is 0 Å². The number of halogens is 2. The summed E-state index contributed by atoms with van der Waals surface area (Å²) >= 11 is 12.1. The van der Waals surface area contributed by atoms with Crippen LogP contribution < -0.4 is 15.1 Å². The van der Waals surface area contributed by atoms with Crippen LogP contribution in [-0.4, -0.2) is 38.3 Å². The standard InChI is InChI=1S/C19H21Cl2N3O/c1-14(15-7-8-16(20)17(21)13-15)22-24-11-9-23(10-12-24)18-5-3-4-6-19(18)25-2/h3-8,13,22H,1,9-12H2,2H3. The molecule has 0 aliphatic carbocycles. The number of nitrogens with one attached hydrogen (secondary N) is 1. The summed E-state index contributed by atoms with van der Waals surface area (Å²) in [6.07, 6.45) is 0. The molecule has 1 saturated heterocycles. The first-order valence-corrected chi connectivity index (χ1v) is 8.88. The number of hydrogen-bond acceptors (Lipinski definition) is 4. The number of methoxy groups -OCH3 is 1. The van der Waals surface area contributed by atoms with Crippen molar-refractivity contribution in [2.45, 2.75) is 0 Å². The Morgan fingerprint density at radius 3 is 2.44 bits per heavy atom. The first-order valence-electron chi connectivity index (χ1n) is 8.12. The fraction of sp³-hybridized carbons (Fsp3) is 0.263. The van der Waals surface area contributed by atoms with Crippen LogP contribution in [0.2, 0.25) is 10.0 Å². The predicted octanol–water partition coefficient (Wildman–Crippen LogP) is 4.30. The van der Waals surface area contributed by atoms with Crippen LogP contribution in [0, 0.1) is 0 Å². The number of rotatable bonds is 5. The Bertz CT molecular complexity index is 758. The highest BCUT2D eigenvalue weighted by atomic mass is 35.5. The van der Waals surface area contributed by atoms with Crippen LogP contribution in [-0.2, 0) is 0 Å². The highest BCUT2D eigenvalue weighted by Gasteiger charge is 2.20. The molecule has 25 heavy (non-hydrogen) atoms. The smallest absolute Gasteiger partial charge is 0.142 e. The van der Waals surface area contributed by atoms with Crippen molar-refractivity contribution in [2.75, 3.05) is 38.2 Å². The SMILES string of the molecule is C=C(NN1CCN(c2ccccc2OC)CC1)c1ccc(Cl)c(Cl)c1. The molecule has 1 fully saturated rings. The molecule has 0 saturated carbocycles. The van der Waals surface area contributed by atoms with E-state index in [2.05, 4.69) is 28.0 Å². The second-order valence-corrected chi connectivity index (χ2v) is 6.68. The van der Waals surface area contributed by atoms with Gasteiger partial charge in [0.25, 0.3) is 0 Å². The van der Waals surface area contributed by atoms with Crippen LogP contribution in [0.15, 0.2) is 49.0 Å². The van der Waals surface area contributed by atoms with Gasteiger partial charge in [0.05, 0.1) is 22.8 Å². The van der Waals surface area contributed by atoms with Gasteiger partial charge in [0.15, 0.2) is 0 Å². The van der Waals surface area contributed by atoms with Crippen LogP contribution in [0.1, 0.15) is 5.56 Å². The summed E-state index contributed by atoms with van der Waals surface area (Å²) in [7, 11) is 1.71. The molecule has 3 rings (SSSR count). The summed E-state index contributed by atoms with van der Waals surface area (Å²) in [5, 5.41) is 3.24. The third-order valence-corrected chi connectivity index (χ3v) is 5.01. The van der Waals surface area contributed by atoms with E-state index >= 15 is 0 Å². The molecule has 0 unspecified atom stereocenters. The monoisotopic (exact) mass is 377 g/mol. The molecular formula is C19H21Cl2N3O. The van der Waals surface area contributed by atoms with Gasteiger partial charge in [-0.05, 0) is 29.8 Å². The van der Waals surface area contributed by atoms with Crippen molar-refractivity contribution < 1.29 is 4.74 Å². The first kappa shape index (κ1) is 17.9. The third kappa shape index (κ3) is 4.21. The largest absolute Gasteiger partial charge is 0.495 e. The molecule has 1 aliphatic rings. The van der Waals surface area contributed by atoms with E-state index in [4.69, 9.17) is 27.9 Å². The van der Waals surface area contributed by atoms with Crippen LogP contribution in [0.5, 0.6) is 5.75 Å². The Kier molecular flexibility index (Phi) is 5.74. The molecule has 0 bridgehead atoms. The van der Waals surface area contributed by atoms with E-state index in [9.17, 15) is 0 Å². The van der Waals surface area contributed by atoms with Crippen LogP contribution >= 0.6 is 23.2 Å². The molecule has 4 nitrogen and oxygen atoms in total. The number of anilines is 1. The fourth-order valence-electron chi connectivity index (χ4n) is 2.89. The molecule has 1 heterocycles. The number of nitrogens with zero attached hydrogens (tertiary/aromatic N) is 2. The Morgan fingerprint density at radius 2 is 1.76 bits per heavy atom. The third-order valence-electron chi connectivity index (χ3n) is 4.27. The first-order chi connectivity index (χ1) is 12.1. The van der Waals surface area contributed by atoms with E-state index in [0.717, 1.165) is 48.9 Å². The van der Waals surface area contributed by atoms with Crippen LogP contribution in [0.3, 0.4) is 0 Å². The zero-order valence-corrected chi connectivity index (χ0v) is 15.6. The minimum Gasteiger partial charge on any atom is -0.495 e. The van der Waals surface area contributed by atoms with Crippen molar-refractivity contribution in [3.63, 3.8) is 0 Å². The van der Waals surface area contributed by atoms with Crippen molar-refractivity contribution in [1.82, 2.24) is 10.4 Å². The van der Waals surface area contributed by atoms with Crippen LogP contribution in [0.4, 0.5) is 5.69 Å². The number of hydrogen-bond donors (Lipinski definition) is 1. The van der Waals surface area contributed by atoms with Gasteiger partial charge >= 0.3 is 0 Å². The maximum absolute atomic E-state index is 6.08. The summed E-state index contributed by atoms with van der Waals surface area (Å²) in [6, 6.07) is 13.6. The molecule has 0 amide bonds. The summed E-state index contributed by atoms with van der Waals surface area (Å²) in [5.41, 5.74) is 6.24. The van der Waals surface area contributed by atoms with E-state index in [-0.39, 0.29) is 0 Å². The van der Waals surface area contributed by atoms with Crippen molar-refractivity contribution in [2.24, 2.45) is 0 Å². The van der Waals surface area contributed by atoms with Crippen molar-refractivity contribution in [3.8, 4) is 5.75 Å². The number of benzene rings is 2. The van der Waals surface area contributed by atoms with Gasteiger partial charge in [0.2, 0.25) is 0 Å². The molecule has 132 valence electrons. The highest BCUT2D eigenvalue weighted by molar-refractivity contribution is 6.42. The lowest BCUT2D eigenvalue weighted by Gasteiger charge is -2.37. The fourth-order valence-corrected chi connectivity index (χ4v) is 3.19. The molecule has 6 heteroatoms. The molecular weight excluding hydrogens is 357 g/mol. The molecule has 1 aliphatic heterocycles. The number of ether oxygens (including phenoxy) is 1. The topological polar surface area (TPSA) is 27.7 Å².